The van der Waals surface area contributed by atoms with Crippen LogP contribution in [0.3, 0.4) is 0 Å². The van der Waals surface area contributed by atoms with Crippen LogP contribution in [-0.4, -0.2) is 18.6 Å². The van der Waals surface area contributed by atoms with Crippen molar-refractivity contribution >= 4 is 11.3 Å². The molecule has 0 aliphatic rings. The molecule has 0 aliphatic carbocycles. The molecule has 0 spiro atoms. The van der Waals surface area contributed by atoms with Crippen LogP contribution in [0.25, 0.3) is 0 Å². The molecule has 0 aliphatic heterocycles. The fraction of sp³-hybridized carbons (Fsp3) is 0.400. The number of rotatable bonds is 7. The van der Waals surface area contributed by atoms with E-state index in [1.54, 1.807) is 18.4 Å². The van der Waals surface area contributed by atoms with Crippen molar-refractivity contribution in [2.45, 2.75) is 26.5 Å². The third kappa shape index (κ3) is 3.71. The summed E-state index contributed by atoms with van der Waals surface area (Å²) < 4.78 is 11.2. The molecule has 2 rings (SSSR count). The maximum atomic E-state index is 5.92. The summed E-state index contributed by atoms with van der Waals surface area (Å²) in [5.41, 5.74) is 3.88. The molecule has 20 heavy (non-hydrogen) atoms. The van der Waals surface area contributed by atoms with Crippen LogP contribution in [0.2, 0.25) is 0 Å². The first-order chi connectivity index (χ1) is 9.74. The maximum absolute atomic E-state index is 5.92. The summed E-state index contributed by atoms with van der Waals surface area (Å²) in [7, 11) is 1.66. The lowest BCUT2D eigenvalue weighted by Crippen LogP contribution is -2.18. The number of aromatic nitrogens is 1. The first-order valence-corrected chi connectivity index (χ1v) is 7.60. The Kier molecular flexibility index (Phi) is 5.38. The second kappa shape index (κ2) is 7.26. The van der Waals surface area contributed by atoms with Crippen LogP contribution in [-0.2, 0) is 6.61 Å². The number of nitrogens with one attached hydrogen (secondary N) is 1. The summed E-state index contributed by atoms with van der Waals surface area (Å²) in [6, 6.07) is 6.16. The summed E-state index contributed by atoms with van der Waals surface area (Å²) in [6.07, 6.45) is 0. The van der Waals surface area contributed by atoms with E-state index in [0.717, 1.165) is 29.3 Å². The first kappa shape index (κ1) is 14.8. The molecular weight excluding hydrogens is 272 g/mol. The van der Waals surface area contributed by atoms with Crippen molar-refractivity contribution in [3.8, 4) is 11.5 Å². The number of hydrogen-bond acceptors (Lipinski definition) is 5. The fourth-order valence-electron chi connectivity index (χ4n) is 2.00. The molecule has 108 valence electrons. The maximum Gasteiger partial charge on any atom is 0.131 e. The van der Waals surface area contributed by atoms with E-state index in [-0.39, 0.29) is 6.04 Å². The fourth-order valence-corrected chi connectivity index (χ4v) is 2.54. The smallest absolute Gasteiger partial charge is 0.131 e. The van der Waals surface area contributed by atoms with Crippen LogP contribution >= 0.6 is 11.3 Å². The summed E-state index contributed by atoms with van der Waals surface area (Å²) in [4.78, 5) is 4.23. The molecule has 5 heteroatoms. The molecule has 0 fully saturated rings. The van der Waals surface area contributed by atoms with Gasteiger partial charge in [0.1, 0.15) is 18.1 Å². The molecule has 1 heterocycles. The van der Waals surface area contributed by atoms with E-state index in [1.807, 2.05) is 29.1 Å². The molecular formula is C15H20N2O2S. The minimum atomic E-state index is 0.233. The molecule has 2 aromatic rings. The van der Waals surface area contributed by atoms with Gasteiger partial charge in [0.25, 0.3) is 0 Å². The molecule has 1 atom stereocenters. The number of thiazole rings is 1. The largest absolute Gasteiger partial charge is 0.497 e. The van der Waals surface area contributed by atoms with E-state index in [2.05, 4.69) is 24.1 Å². The SMILES string of the molecule is CCNC(C)c1ccc(OC)cc1OCc1cscn1. The molecule has 0 saturated heterocycles. The third-order valence-electron chi connectivity index (χ3n) is 3.06. The van der Waals surface area contributed by atoms with Gasteiger partial charge in [-0.25, -0.2) is 4.98 Å². The Labute approximate surface area is 123 Å². The van der Waals surface area contributed by atoms with Gasteiger partial charge in [0.15, 0.2) is 0 Å². The van der Waals surface area contributed by atoms with Crippen LogP contribution in [0.5, 0.6) is 11.5 Å². The third-order valence-corrected chi connectivity index (χ3v) is 3.69. The van der Waals surface area contributed by atoms with E-state index in [0.29, 0.717) is 6.61 Å². The lowest BCUT2D eigenvalue weighted by Gasteiger charge is -2.18. The molecule has 0 radical (unpaired) electrons. The molecule has 1 aromatic heterocycles. The predicted molar refractivity (Wildman–Crippen MR) is 81.5 cm³/mol. The molecule has 1 aromatic carbocycles. The average molecular weight is 292 g/mol. The van der Waals surface area contributed by atoms with Crippen LogP contribution < -0.4 is 14.8 Å². The second-order valence-corrected chi connectivity index (χ2v) is 5.17. The van der Waals surface area contributed by atoms with Gasteiger partial charge in [-0.1, -0.05) is 13.0 Å². The highest BCUT2D eigenvalue weighted by atomic mass is 32.1. The predicted octanol–water partition coefficient (Wildman–Crippen LogP) is 3.40. The monoisotopic (exact) mass is 292 g/mol. The quantitative estimate of drug-likeness (QED) is 0.849. The standard InChI is InChI=1S/C15H20N2O2S/c1-4-16-11(2)14-6-5-13(18-3)7-15(14)19-8-12-9-20-10-17-12/h5-7,9-11,16H,4,8H2,1-3H3. The molecule has 0 saturated carbocycles. The van der Waals surface area contributed by atoms with Crippen LogP contribution in [0.1, 0.15) is 31.1 Å². The number of methoxy groups -OCH3 is 1. The highest BCUT2D eigenvalue weighted by molar-refractivity contribution is 7.07. The number of benzene rings is 1. The van der Waals surface area contributed by atoms with E-state index >= 15 is 0 Å². The topological polar surface area (TPSA) is 43.4 Å². The Morgan fingerprint density at radius 2 is 2.25 bits per heavy atom. The van der Waals surface area contributed by atoms with E-state index < -0.39 is 0 Å². The van der Waals surface area contributed by atoms with Crippen molar-refractivity contribution in [3.05, 3.63) is 40.3 Å². The Bertz CT molecular complexity index is 529. The van der Waals surface area contributed by atoms with E-state index in [4.69, 9.17) is 9.47 Å². The number of ether oxygens (including phenoxy) is 2. The van der Waals surface area contributed by atoms with Crippen molar-refractivity contribution in [3.63, 3.8) is 0 Å². The Balaban J connectivity index is 2.18. The van der Waals surface area contributed by atoms with Gasteiger partial charge in [0.2, 0.25) is 0 Å². The molecule has 1 N–H and O–H groups in total. The van der Waals surface area contributed by atoms with Crippen molar-refractivity contribution in [1.82, 2.24) is 10.3 Å². The van der Waals surface area contributed by atoms with Gasteiger partial charge in [-0.2, -0.15) is 0 Å². The Morgan fingerprint density at radius 1 is 1.40 bits per heavy atom. The Morgan fingerprint density at radius 3 is 2.90 bits per heavy atom. The van der Waals surface area contributed by atoms with Gasteiger partial charge in [0, 0.05) is 23.1 Å². The van der Waals surface area contributed by atoms with Gasteiger partial charge < -0.3 is 14.8 Å². The molecule has 0 bridgehead atoms. The number of hydrogen-bond donors (Lipinski definition) is 1. The number of nitrogens with zero attached hydrogens (tertiary/aromatic N) is 1. The van der Waals surface area contributed by atoms with Crippen LogP contribution in [0, 0.1) is 0 Å². The highest BCUT2D eigenvalue weighted by Gasteiger charge is 2.12. The normalized spacial score (nSPS) is 12.2. The summed E-state index contributed by atoms with van der Waals surface area (Å²) in [6.45, 7) is 5.61. The summed E-state index contributed by atoms with van der Waals surface area (Å²) in [5, 5.41) is 5.39. The minimum Gasteiger partial charge on any atom is -0.497 e. The van der Waals surface area contributed by atoms with Crippen LogP contribution in [0.4, 0.5) is 0 Å². The van der Waals surface area contributed by atoms with Crippen molar-refractivity contribution in [2.24, 2.45) is 0 Å². The zero-order valence-electron chi connectivity index (χ0n) is 12.1. The zero-order chi connectivity index (χ0) is 14.4. The molecule has 1 unspecified atom stereocenters. The van der Waals surface area contributed by atoms with Gasteiger partial charge in [-0.05, 0) is 19.5 Å². The van der Waals surface area contributed by atoms with Crippen molar-refractivity contribution < 1.29 is 9.47 Å². The van der Waals surface area contributed by atoms with Gasteiger partial charge in [0.05, 0.1) is 18.3 Å². The summed E-state index contributed by atoms with van der Waals surface area (Å²) in [5.74, 6) is 1.64. The lowest BCUT2D eigenvalue weighted by atomic mass is 10.1. The lowest BCUT2D eigenvalue weighted by molar-refractivity contribution is 0.293. The van der Waals surface area contributed by atoms with Crippen molar-refractivity contribution in [2.75, 3.05) is 13.7 Å². The molecule has 4 nitrogen and oxygen atoms in total. The van der Waals surface area contributed by atoms with Gasteiger partial charge >= 0.3 is 0 Å². The van der Waals surface area contributed by atoms with Crippen molar-refractivity contribution in [1.29, 1.82) is 0 Å². The second-order valence-electron chi connectivity index (χ2n) is 4.45. The Hall–Kier alpha value is -1.59. The van der Waals surface area contributed by atoms with Gasteiger partial charge in [-0.15, -0.1) is 11.3 Å². The highest BCUT2D eigenvalue weighted by Crippen LogP contribution is 2.30. The molecule has 0 amide bonds. The van der Waals surface area contributed by atoms with Gasteiger partial charge in [-0.3, -0.25) is 0 Å². The zero-order valence-corrected chi connectivity index (χ0v) is 12.9. The average Bonchev–Trinajstić information content (AvgIpc) is 2.98. The minimum absolute atomic E-state index is 0.233. The van der Waals surface area contributed by atoms with Crippen LogP contribution in [0.15, 0.2) is 29.1 Å². The summed E-state index contributed by atoms with van der Waals surface area (Å²) >= 11 is 1.57. The van der Waals surface area contributed by atoms with E-state index in [9.17, 15) is 0 Å². The first-order valence-electron chi connectivity index (χ1n) is 6.65. The van der Waals surface area contributed by atoms with E-state index in [1.165, 1.54) is 0 Å².